The highest BCUT2D eigenvalue weighted by molar-refractivity contribution is 5.76. The van der Waals surface area contributed by atoms with Crippen molar-refractivity contribution >= 4 is 5.91 Å². The van der Waals surface area contributed by atoms with Gasteiger partial charge in [0.25, 0.3) is 0 Å². The lowest BCUT2D eigenvalue weighted by Crippen LogP contribution is -2.65. The summed E-state index contributed by atoms with van der Waals surface area (Å²) in [6.45, 7) is 2.79. The molecular weight excluding hydrogens is 823 g/mol. The highest BCUT2D eigenvalue weighted by atomic mass is 16.7. The Morgan fingerprint density at radius 2 is 0.969 bits per heavy atom. The number of rotatable bonds is 40. The number of carbonyl (C=O) groups excluding carboxylic acids is 1. The molecule has 2 saturated heterocycles. The van der Waals surface area contributed by atoms with Gasteiger partial charge in [0.2, 0.25) is 5.91 Å². The van der Waals surface area contributed by atoms with Crippen molar-refractivity contribution in [2.24, 2.45) is 0 Å². The predicted molar refractivity (Wildman–Crippen MR) is 249 cm³/mol. The Labute approximate surface area is 386 Å². The van der Waals surface area contributed by atoms with Gasteiger partial charge in [-0.3, -0.25) is 4.79 Å². The number of carbonyl (C=O) groups is 1. The van der Waals surface area contributed by atoms with Crippen LogP contribution < -0.4 is 5.32 Å². The standard InChI is InChI=1S/C50H95NO13/c1-3-5-7-9-11-13-15-17-18-19-20-22-23-25-27-29-31-33-39(54)38(51-42(55)34-32-30-28-26-24-21-16-14-12-10-8-6-4-2)37-61-49-47(60)45(58)48(41(36-53)63-49)64-50-46(59)44(57)43(56)40(35-52)62-50/h31,33,38-41,43-50,52-54,56-60H,3-30,32,34-37H2,1-2H3,(H,51,55)/b33-31+/t38-,39+,40+,41+,43-,44?,45?,46?,47?,48+,49+,50-/m0/s1. The maximum absolute atomic E-state index is 13.2. The molecule has 2 aliphatic rings. The van der Waals surface area contributed by atoms with E-state index in [4.69, 9.17) is 18.9 Å². The second-order valence-corrected chi connectivity index (χ2v) is 18.7. The Morgan fingerprint density at radius 1 is 0.547 bits per heavy atom. The largest absolute Gasteiger partial charge is 0.394 e. The molecule has 12 atom stereocenters. The van der Waals surface area contributed by atoms with Crippen LogP contribution in [0.5, 0.6) is 0 Å². The molecule has 2 aliphatic heterocycles. The molecule has 14 heteroatoms. The minimum atomic E-state index is -1.78. The van der Waals surface area contributed by atoms with Gasteiger partial charge in [0.05, 0.1) is 32.0 Å². The van der Waals surface area contributed by atoms with E-state index in [-0.39, 0.29) is 18.9 Å². The molecule has 0 bridgehead atoms. The van der Waals surface area contributed by atoms with Gasteiger partial charge < -0.3 is 65.1 Å². The SMILES string of the molecule is CCCCCCCCCCCCCCCCC/C=C/[C@@H](O)[C@H](CO[C@@H]1O[C@H](CO)[C@@H](O[C@@H]2O[C@H](CO)[C@H](O)C(O)C2O)C(O)C1O)NC(=O)CCCCCCCCCCCCCCC. The Kier molecular flexibility index (Phi) is 34.7. The van der Waals surface area contributed by atoms with Gasteiger partial charge in [-0.25, -0.2) is 0 Å². The van der Waals surface area contributed by atoms with Crippen molar-refractivity contribution in [1.29, 1.82) is 0 Å². The minimum absolute atomic E-state index is 0.238. The van der Waals surface area contributed by atoms with E-state index in [1.165, 1.54) is 141 Å². The summed E-state index contributed by atoms with van der Waals surface area (Å²) in [4.78, 5) is 13.2. The number of ether oxygens (including phenoxy) is 4. The van der Waals surface area contributed by atoms with E-state index < -0.39 is 86.8 Å². The molecule has 4 unspecified atom stereocenters. The average molecular weight is 918 g/mol. The number of hydrogen-bond donors (Lipinski definition) is 9. The Morgan fingerprint density at radius 3 is 1.44 bits per heavy atom. The van der Waals surface area contributed by atoms with Crippen molar-refractivity contribution in [3.8, 4) is 0 Å². The minimum Gasteiger partial charge on any atom is -0.394 e. The zero-order valence-corrected chi connectivity index (χ0v) is 40.0. The second kappa shape index (κ2) is 37.7. The molecule has 0 aliphatic carbocycles. The van der Waals surface area contributed by atoms with Crippen molar-refractivity contribution in [3.63, 3.8) is 0 Å². The number of amides is 1. The van der Waals surface area contributed by atoms with Gasteiger partial charge in [-0.2, -0.15) is 0 Å². The van der Waals surface area contributed by atoms with Gasteiger partial charge in [-0.1, -0.05) is 193 Å². The number of nitrogens with one attached hydrogen (secondary N) is 1. The summed E-state index contributed by atoms with van der Waals surface area (Å²) in [5, 5.41) is 86.7. The van der Waals surface area contributed by atoms with Crippen molar-refractivity contribution in [3.05, 3.63) is 12.2 Å². The lowest BCUT2D eigenvalue weighted by Gasteiger charge is -2.46. The molecule has 14 nitrogen and oxygen atoms in total. The van der Waals surface area contributed by atoms with Crippen LogP contribution in [-0.2, 0) is 23.7 Å². The number of aliphatic hydroxyl groups is 8. The molecule has 0 radical (unpaired) electrons. The van der Waals surface area contributed by atoms with Crippen LogP contribution in [0.15, 0.2) is 12.2 Å². The van der Waals surface area contributed by atoms with Crippen LogP contribution in [0.3, 0.4) is 0 Å². The van der Waals surface area contributed by atoms with Crippen molar-refractivity contribution in [2.45, 2.75) is 280 Å². The molecule has 2 heterocycles. The third-order valence-corrected chi connectivity index (χ3v) is 13.0. The van der Waals surface area contributed by atoms with Crippen LogP contribution in [0.4, 0.5) is 0 Å². The molecule has 0 saturated carbocycles. The van der Waals surface area contributed by atoms with E-state index in [1.807, 2.05) is 6.08 Å². The topological polar surface area (TPSA) is 228 Å². The quantitative estimate of drug-likeness (QED) is 0.0229. The summed E-state index contributed by atoms with van der Waals surface area (Å²) in [7, 11) is 0. The predicted octanol–water partition coefficient (Wildman–Crippen LogP) is 6.77. The van der Waals surface area contributed by atoms with Crippen molar-refractivity contribution in [2.75, 3.05) is 19.8 Å². The zero-order chi connectivity index (χ0) is 46.8. The Hall–Kier alpha value is -1.27. The van der Waals surface area contributed by atoms with Crippen molar-refractivity contribution < 1.29 is 64.6 Å². The molecule has 1 amide bonds. The molecular formula is C50H95NO13. The monoisotopic (exact) mass is 918 g/mol. The van der Waals surface area contributed by atoms with E-state index in [2.05, 4.69) is 19.2 Å². The first-order valence-electron chi connectivity index (χ1n) is 25.9. The summed E-state index contributed by atoms with van der Waals surface area (Å²) in [6, 6.07) is -0.907. The lowest BCUT2D eigenvalue weighted by molar-refractivity contribution is -0.359. The average Bonchev–Trinajstić information content (AvgIpc) is 3.29. The van der Waals surface area contributed by atoms with E-state index >= 15 is 0 Å². The van der Waals surface area contributed by atoms with Gasteiger partial charge in [0.15, 0.2) is 12.6 Å². The lowest BCUT2D eigenvalue weighted by atomic mass is 9.97. The highest BCUT2D eigenvalue weighted by Gasteiger charge is 2.51. The summed E-state index contributed by atoms with van der Waals surface area (Å²) >= 11 is 0. The van der Waals surface area contributed by atoms with Crippen LogP contribution >= 0.6 is 0 Å². The van der Waals surface area contributed by atoms with Crippen LogP contribution in [0.2, 0.25) is 0 Å². The first-order chi connectivity index (χ1) is 31.1. The molecule has 0 aromatic carbocycles. The van der Waals surface area contributed by atoms with Crippen molar-refractivity contribution in [1.82, 2.24) is 5.32 Å². The molecule has 0 aromatic heterocycles. The fourth-order valence-electron chi connectivity index (χ4n) is 8.70. The van der Waals surface area contributed by atoms with Crippen LogP contribution in [0.25, 0.3) is 0 Å². The molecule has 0 aromatic rings. The molecule has 0 spiro atoms. The number of allylic oxidation sites excluding steroid dienone is 1. The number of unbranched alkanes of at least 4 members (excludes halogenated alkanes) is 27. The zero-order valence-electron chi connectivity index (χ0n) is 40.0. The number of hydrogen-bond acceptors (Lipinski definition) is 13. The Bertz CT molecular complexity index is 1130. The highest BCUT2D eigenvalue weighted by Crippen LogP contribution is 2.30. The molecule has 2 rings (SSSR count). The molecule has 64 heavy (non-hydrogen) atoms. The summed E-state index contributed by atoms with van der Waals surface area (Å²) < 4.78 is 22.7. The maximum Gasteiger partial charge on any atom is 0.220 e. The third kappa shape index (κ3) is 24.7. The first-order valence-corrected chi connectivity index (χ1v) is 25.9. The van der Waals surface area contributed by atoms with Gasteiger partial charge in [0, 0.05) is 6.42 Å². The fraction of sp³-hybridized carbons (Fsp3) is 0.940. The van der Waals surface area contributed by atoms with Gasteiger partial charge in [-0.05, 0) is 19.3 Å². The summed E-state index contributed by atoms with van der Waals surface area (Å²) in [5.74, 6) is -0.238. The van der Waals surface area contributed by atoms with Gasteiger partial charge >= 0.3 is 0 Å². The van der Waals surface area contributed by atoms with Crippen LogP contribution in [0.1, 0.15) is 206 Å². The van der Waals surface area contributed by atoms with Crippen LogP contribution in [-0.4, -0.2) is 140 Å². The molecule has 378 valence electrons. The maximum atomic E-state index is 13.2. The normalized spacial score (nSPS) is 27.3. The third-order valence-electron chi connectivity index (χ3n) is 13.0. The Balaban J connectivity index is 1.85. The first kappa shape index (κ1) is 58.9. The summed E-state index contributed by atoms with van der Waals surface area (Å²) in [6.07, 6.45) is 22.5. The van der Waals surface area contributed by atoms with Gasteiger partial charge in [0.1, 0.15) is 48.8 Å². The molecule has 2 fully saturated rings. The smallest absolute Gasteiger partial charge is 0.220 e. The van der Waals surface area contributed by atoms with E-state index in [0.29, 0.717) is 6.42 Å². The van der Waals surface area contributed by atoms with Crippen LogP contribution in [0, 0.1) is 0 Å². The fourth-order valence-corrected chi connectivity index (χ4v) is 8.70. The van der Waals surface area contributed by atoms with E-state index in [9.17, 15) is 45.6 Å². The molecule has 9 N–H and O–H groups in total. The second-order valence-electron chi connectivity index (χ2n) is 18.7. The van der Waals surface area contributed by atoms with E-state index in [1.54, 1.807) is 6.08 Å². The van der Waals surface area contributed by atoms with Gasteiger partial charge in [-0.15, -0.1) is 0 Å². The number of aliphatic hydroxyl groups excluding tert-OH is 8. The summed E-state index contributed by atoms with van der Waals surface area (Å²) in [5.41, 5.74) is 0. The van der Waals surface area contributed by atoms with E-state index in [0.717, 1.165) is 38.5 Å².